The van der Waals surface area contributed by atoms with E-state index in [4.69, 9.17) is 0 Å². The monoisotopic (exact) mass is 309 g/mol. The van der Waals surface area contributed by atoms with Crippen LogP contribution in [0.1, 0.15) is 40.5 Å². The average molecular weight is 309 g/mol. The Labute approximate surface area is 136 Å². The number of piperidine rings is 1. The Balaban J connectivity index is 1.70. The molecule has 2 aliphatic rings. The molecule has 2 unspecified atom stereocenters. The summed E-state index contributed by atoms with van der Waals surface area (Å²) in [5.41, 5.74) is 0. The summed E-state index contributed by atoms with van der Waals surface area (Å²) in [6.07, 6.45) is 2.54. The molecule has 2 saturated heterocycles. The summed E-state index contributed by atoms with van der Waals surface area (Å²) in [4.78, 5) is 19.5. The van der Waals surface area contributed by atoms with E-state index < -0.39 is 0 Å². The first-order valence-electron chi connectivity index (χ1n) is 9.16. The molecule has 0 aromatic heterocycles. The van der Waals surface area contributed by atoms with Gasteiger partial charge in [0, 0.05) is 39.3 Å². The Morgan fingerprint density at radius 1 is 1.00 bits per heavy atom. The van der Waals surface area contributed by atoms with Gasteiger partial charge < -0.3 is 9.80 Å². The van der Waals surface area contributed by atoms with Gasteiger partial charge in [0.1, 0.15) is 0 Å². The Morgan fingerprint density at radius 3 is 2.09 bits per heavy atom. The summed E-state index contributed by atoms with van der Waals surface area (Å²) in [6.45, 7) is 17.2. The van der Waals surface area contributed by atoms with Gasteiger partial charge >= 0.3 is 0 Å². The first-order chi connectivity index (χ1) is 10.4. The highest BCUT2D eigenvalue weighted by Crippen LogP contribution is 2.21. The van der Waals surface area contributed by atoms with E-state index in [0.29, 0.717) is 24.3 Å². The fourth-order valence-electron chi connectivity index (χ4n) is 3.77. The number of rotatable bonds is 5. The summed E-state index contributed by atoms with van der Waals surface area (Å²) < 4.78 is 0. The van der Waals surface area contributed by atoms with E-state index in [-0.39, 0.29) is 0 Å². The molecule has 0 aromatic rings. The van der Waals surface area contributed by atoms with Gasteiger partial charge in [-0.05, 0) is 37.1 Å². The molecule has 2 fully saturated rings. The van der Waals surface area contributed by atoms with Crippen LogP contribution in [0.25, 0.3) is 0 Å². The lowest BCUT2D eigenvalue weighted by Crippen LogP contribution is -2.52. The summed E-state index contributed by atoms with van der Waals surface area (Å²) in [5.74, 6) is 2.43. The SMILES string of the molecule is CC(C)CCN1CCN(CC(=O)N2CC(C)CC(C)C2)CC1. The van der Waals surface area contributed by atoms with Crippen molar-refractivity contribution in [3.63, 3.8) is 0 Å². The molecule has 2 atom stereocenters. The molecule has 0 spiro atoms. The van der Waals surface area contributed by atoms with Gasteiger partial charge in [-0.1, -0.05) is 27.7 Å². The quantitative estimate of drug-likeness (QED) is 0.778. The maximum atomic E-state index is 12.5. The minimum absolute atomic E-state index is 0.342. The first-order valence-corrected chi connectivity index (χ1v) is 9.16. The van der Waals surface area contributed by atoms with Crippen molar-refractivity contribution in [3.8, 4) is 0 Å². The van der Waals surface area contributed by atoms with Crippen LogP contribution in [-0.2, 0) is 4.79 Å². The van der Waals surface area contributed by atoms with Gasteiger partial charge in [-0.3, -0.25) is 9.69 Å². The molecule has 4 heteroatoms. The van der Waals surface area contributed by atoms with E-state index in [0.717, 1.165) is 45.2 Å². The molecule has 0 bridgehead atoms. The van der Waals surface area contributed by atoms with E-state index in [2.05, 4.69) is 42.4 Å². The number of hydrogen-bond acceptors (Lipinski definition) is 3. The number of carbonyl (C=O) groups excluding carboxylic acids is 1. The van der Waals surface area contributed by atoms with Crippen molar-refractivity contribution in [2.45, 2.75) is 40.5 Å². The van der Waals surface area contributed by atoms with Crippen molar-refractivity contribution < 1.29 is 4.79 Å². The average Bonchev–Trinajstić information content (AvgIpc) is 2.45. The smallest absolute Gasteiger partial charge is 0.236 e. The molecule has 0 radical (unpaired) electrons. The Bertz CT molecular complexity index is 340. The molecule has 0 aliphatic carbocycles. The summed E-state index contributed by atoms with van der Waals surface area (Å²) >= 11 is 0. The first kappa shape index (κ1) is 17.7. The number of hydrogen-bond donors (Lipinski definition) is 0. The second-order valence-electron chi connectivity index (χ2n) is 8.05. The van der Waals surface area contributed by atoms with E-state index in [1.165, 1.54) is 19.4 Å². The van der Waals surface area contributed by atoms with Gasteiger partial charge in [0.2, 0.25) is 5.91 Å². The standard InChI is InChI=1S/C18H35N3O/c1-15(2)5-6-19-7-9-20(10-8-19)14-18(22)21-12-16(3)11-17(4)13-21/h15-17H,5-14H2,1-4H3. The van der Waals surface area contributed by atoms with Gasteiger partial charge in [0.15, 0.2) is 0 Å². The third-order valence-corrected chi connectivity index (χ3v) is 5.07. The molecule has 2 heterocycles. The number of likely N-dealkylation sites (tertiary alicyclic amines) is 1. The zero-order valence-electron chi connectivity index (χ0n) is 15.1. The molecule has 128 valence electrons. The number of amides is 1. The van der Waals surface area contributed by atoms with E-state index >= 15 is 0 Å². The molecule has 1 amide bonds. The number of carbonyl (C=O) groups is 1. The predicted molar refractivity (Wildman–Crippen MR) is 91.9 cm³/mol. The second kappa shape index (κ2) is 8.30. The topological polar surface area (TPSA) is 26.8 Å². The number of nitrogens with zero attached hydrogens (tertiary/aromatic N) is 3. The van der Waals surface area contributed by atoms with Crippen molar-refractivity contribution in [1.29, 1.82) is 0 Å². The van der Waals surface area contributed by atoms with Crippen LogP contribution in [0.2, 0.25) is 0 Å². The zero-order chi connectivity index (χ0) is 16.1. The van der Waals surface area contributed by atoms with Gasteiger partial charge in [-0.2, -0.15) is 0 Å². The summed E-state index contributed by atoms with van der Waals surface area (Å²) in [7, 11) is 0. The molecular weight excluding hydrogens is 274 g/mol. The van der Waals surface area contributed by atoms with Crippen LogP contribution in [0.4, 0.5) is 0 Å². The fourth-order valence-corrected chi connectivity index (χ4v) is 3.77. The molecular formula is C18H35N3O. The molecule has 4 nitrogen and oxygen atoms in total. The molecule has 0 saturated carbocycles. The lowest BCUT2D eigenvalue weighted by atomic mass is 9.92. The van der Waals surface area contributed by atoms with Crippen LogP contribution < -0.4 is 0 Å². The molecule has 2 rings (SSSR count). The predicted octanol–water partition coefficient (Wildman–Crippen LogP) is 2.15. The maximum absolute atomic E-state index is 12.5. The van der Waals surface area contributed by atoms with Crippen molar-refractivity contribution in [3.05, 3.63) is 0 Å². The van der Waals surface area contributed by atoms with Gasteiger partial charge in [-0.15, -0.1) is 0 Å². The third kappa shape index (κ3) is 5.54. The lowest BCUT2D eigenvalue weighted by molar-refractivity contribution is -0.135. The van der Waals surface area contributed by atoms with Crippen LogP contribution in [0.3, 0.4) is 0 Å². The summed E-state index contributed by atoms with van der Waals surface area (Å²) in [6, 6.07) is 0. The molecule has 2 aliphatic heterocycles. The molecule has 0 N–H and O–H groups in total. The summed E-state index contributed by atoms with van der Waals surface area (Å²) in [5, 5.41) is 0. The Morgan fingerprint density at radius 2 is 1.55 bits per heavy atom. The minimum Gasteiger partial charge on any atom is -0.341 e. The van der Waals surface area contributed by atoms with Crippen molar-refractivity contribution in [2.75, 3.05) is 52.4 Å². The highest BCUT2D eigenvalue weighted by atomic mass is 16.2. The van der Waals surface area contributed by atoms with Crippen molar-refractivity contribution >= 4 is 5.91 Å². The van der Waals surface area contributed by atoms with Crippen LogP contribution >= 0.6 is 0 Å². The largest absolute Gasteiger partial charge is 0.341 e. The third-order valence-electron chi connectivity index (χ3n) is 5.07. The molecule has 0 aromatic carbocycles. The Kier molecular flexibility index (Phi) is 6.69. The van der Waals surface area contributed by atoms with Crippen molar-refractivity contribution in [1.82, 2.24) is 14.7 Å². The lowest BCUT2D eigenvalue weighted by Gasteiger charge is -2.38. The van der Waals surface area contributed by atoms with Crippen molar-refractivity contribution in [2.24, 2.45) is 17.8 Å². The van der Waals surface area contributed by atoms with Crippen LogP contribution in [-0.4, -0.2) is 73.0 Å². The number of piperazine rings is 1. The van der Waals surface area contributed by atoms with E-state index in [1.807, 2.05) is 0 Å². The zero-order valence-corrected chi connectivity index (χ0v) is 15.1. The van der Waals surface area contributed by atoms with Crippen LogP contribution in [0.5, 0.6) is 0 Å². The highest BCUT2D eigenvalue weighted by Gasteiger charge is 2.27. The van der Waals surface area contributed by atoms with Gasteiger partial charge in [0.25, 0.3) is 0 Å². The van der Waals surface area contributed by atoms with Gasteiger partial charge in [0.05, 0.1) is 6.54 Å². The fraction of sp³-hybridized carbons (Fsp3) is 0.944. The molecule has 22 heavy (non-hydrogen) atoms. The minimum atomic E-state index is 0.342. The highest BCUT2D eigenvalue weighted by molar-refractivity contribution is 5.78. The van der Waals surface area contributed by atoms with E-state index in [9.17, 15) is 4.79 Å². The van der Waals surface area contributed by atoms with Gasteiger partial charge in [-0.25, -0.2) is 0 Å². The second-order valence-corrected chi connectivity index (χ2v) is 8.05. The Hall–Kier alpha value is -0.610. The normalized spacial score (nSPS) is 28.3. The maximum Gasteiger partial charge on any atom is 0.236 e. The van der Waals surface area contributed by atoms with Crippen LogP contribution in [0, 0.1) is 17.8 Å². The van der Waals surface area contributed by atoms with Crippen LogP contribution in [0.15, 0.2) is 0 Å². The van der Waals surface area contributed by atoms with E-state index in [1.54, 1.807) is 0 Å².